The van der Waals surface area contributed by atoms with Crippen LogP contribution < -0.4 is 15.4 Å². The molecule has 0 spiro atoms. The van der Waals surface area contributed by atoms with E-state index in [1.165, 1.54) is 0 Å². The Balaban J connectivity index is 2.10. The van der Waals surface area contributed by atoms with E-state index in [9.17, 15) is 4.79 Å². The number of rotatable bonds is 4. The van der Waals surface area contributed by atoms with Crippen molar-refractivity contribution in [2.24, 2.45) is 0 Å². The van der Waals surface area contributed by atoms with Crippen LogP contribution in [-0.2, 0) is 0 Å². The summed E-state index contributed by atoms with van der Waals surface area (Å²) in [5.41, 5.74) is 2.23. The molecular formula is C16H17ClN2O2. The Labute approximate surface area is 129 Å². The van der Waals surface area contributed by atoms with Crippen molar-refractivity contribution < 1.29 is 9.53 Å². The van der Waals surface area contributed by atoms with Gasteiger partial charge in [-0.2, -0.15) is 0 Å². The summed E-state index contributed by atoms with van der Waals surface area (Å²) in [5, 5.41) is 6.13. The second-order valence-electron chi connectivity index (χ2n) is 4.47. The van der Waals surface area contributed by atoms with E-state index in [1.807, 2.05) is 38.1 Å². The van der Waals surface area contributed by atoms with E-state index in [1.54, 1.807) is 18.2 Å². The highest BCUT2D eigenvalue weighted by molar-refractivity contribution is 6.31. The maximum absolute atomic E-state index is 12.1. The van der Waals surface area contributed by atoms with Crippen LogP contribution in [0.25, 0.3) is 0 Å². The van der Waals surface area contributed by atoms with Gasteiger partial charge < -0.3 is 15.4 Å². The van der Waals surface area contributed by atoms with Crippen molar-refractivity contribution in [2.75, 3.05) is 17.2 Å². The van der Waals surface area contributed by atoms with Gasteiger partial charge in [0, 0.05) is 10.7 Å². The molecule has 2 N–H and O–H groups in total. The van der Waals surface area contributed by atoms with Crippen LogP contribution >= 0.6 is 11.6 Å². The Bertz CT molecular complexity index is 644. The molecule has 2 aromatic carbocycles. The molecule has 0 aromatic heterocycles. The molecule has 0 saturated heterocycles. The molecule has 0 atom stereocenters. The number of para-hydroxylation sites is 2. The molecule has 5 heteroatoms. The fraction of sp³-hybridized carbons (Fsp3) is 0.188. The summed E-state index contributed by atoms with van der Waals surface area (Å²) in [6.45, 7) is 4.33. The van der Waals surface area contributed by atoms with Crippen LogP contribution in [0.1, 0.15) is 12.5 Å². The lowest BCUT2D eigenvalue weighted by molar-refractivity contribution is 0.262. The fourth-order valence-electron chi connectivity index (χ4n) is 1.86. The monoisotopic (exact) mass is 304 g/mol. The number of benzene rings is 2. The summed E-state index contributed by atoms with van der Waals surface area (Å²) >= 11 is 5.94. The predicted octanol–water partition coefficient (Wildman–Crippen LogP) is 4.69. The SMILES string of the molecule is CCOc1ccccc1NC(=O)Nc1cc(Cl)ccc1C. The van der Waals surface area contributed by atoms with Crippen molar-refractivity contribution in [3.05, 3.63) is 53.1 Å². The highest BCUT2D eigenvalue weighted by atomic mass is 35.5. The molecule has 0 aliphatic heterocycles. The van der Waals surface area contributed by atoms with Gasteiger partial charge in [-0.15, -0.1) is 0 Å². The van der Waals surface area contributed by atoms with Gasteiger partial charge in [-0.25, -0.2) is 4.79 Å². The second kappa shape index (κ2) is 6.99. The number of hydrogen-bond acceptors (Lipinski definition) is 2. The van der Waals surface area contributed by atoms with E-state index >= 15 is 0 Å². The van der Waals surface area contributed by atoms with Crippen LogP contribution in [0.15, 0.2) is 42.5 Å². The first-order chi connectivity index (χ1) is 10.1. The topological polar surface area (TPSA) is 50.4 Å². The molecule has 0 heterocycles. The number of halogens is 1. The third kappa shape index (κ3) is 4.13. The highest BCUT2D eigenvalue weighted by Gasteiger charge is 2.08. The van der Waals surface area contributed by atoms with Crippen molar-refractivity contribution in [2.45, 2.75) is 13.8 Å². The van der Waals surface area contributed by atoms with Crippen LogP contribution in [0.3, 0.4) is 0 Å². The Morgan fingerprint density at radius 1 is 1.14 bits per heavy atom. The van der Waals surface area contributed by atoms with Gasteiger partial charge in [0.15, 0.2) is 0 Å². The van der Waals surface area contributed by atoms with E-state index in [2.05, 4.69) is 10.6 Å². The average molecular weight is 305 g/mol. The minimum Gasteiger partial charge on any atom is -0.492 e. The Kier molecular flexibility index (Phi) is 5.06. The van der Waals surface area contributed by atoms with Crippen molar-refractivity contribution in [3.63, 3.8) is 0 Å². The zero-order valence-corrected chi connectivity index (χ0v) is 12.7. The van der Waals surface area contributed by atoms with Gasteiger partial charge in [0.25, 0.3) is 0 Å². The third-order valence-electron chi connectivity index (χ3n) is 2.88. The first-order valence-corrected chi connectivity index (χ1v) is 7.04. The molecule has 0 aliphatic carbocycles. The van der Waals surface area contributed by atoms with Gasteiger partial charge in [-0.3, -0.25) is 0 Å². The van der Waals surface area contributed by atoms with Gasteiger partial charge in [0.2, 0.25) is 0 Å². The van der Waals surface area contributed by atoms with Crippen LogP contribution in [0.4, 0.5) is 16.2 Å². The molecule has 2 rings (SSSR count). The normalized spacial score (nSPS) is 10.0. The minimum absolute atomic E-state index is 0.340. The maximum atomic E-state index is 12.1. The molecule has 0 saturated carbocycles. The highest BCUT2D eigenvalue weighted by Crippen LogP contribution is 2.25. The largest absolute Gasteiger partial charge is 0.492 e. The van der Waals surface area contributed by atoms with Crippen LogP contribution in [0.2, 0.25) is 5.02 Å². The minimum atomic E-state index is -0.340. The zero-order chi connectivity index (χ0) is 15.2. The van der Waals surface area contributed by atoms with Gasteiger partial charge >= 0.3 is 6.03 Å². The molecule has 0 unspecified atom stereocenters. The fourth-order valence-corrected chi connectivity index (χ4v) is 2.03. The molecule has 2 amide bonds. The Morgan fingerprint density at radius 2 is 1.86 bits per heavy atom. The molecule has 0 aliphatic rings. The number of nitrogens with one attached hydrogen (secondary N) is 2. The molecule has 21 heavy (non-hydrogen) atoms. The van der Waals surface area contributed by atoms with E-state index in [4.69, 9.17) is 16.3 Å². The standard InChI is InChI=1S/C16H17ClN2O2/c1-3-21-15-7-5-4-6-13(15)18-16(20)19-14-10-12(17)9-8-11(14)2/h4-10H,3H2,1-2H3,(H2,18,19,20). The van der Waals surface area contributed by atoms with Gasteiger partial charge in [-0.05, 0) is 43.7 Å². The summed E-state index contributed by atoms with van der Waals surface area (Å²) in [5.74, 6) is 0.637. The lowest BCUT2D eigenvalue weighted by Crippen LogP contribution is -2.20. The summed E-state index contributed by atoms with van der Waals surface area (Å²) in [6.07, 6.45) is 0. The van der Waals surface area contributed by atoms with Gasteiger partial charge in [-0.1, -0.05) is 29.8 Å². The number of hydrogen-bond donors (Lipinski definition) is 2. The quantitative estimate of drug-likeness (QED) is 0.861. The number of anilines is 2. The molecule has 0 radical (unpaired) electrons. The first-order valence-electron chi connectivity index (χ1n) is 6.66. The lowest BCUT2D eigenvalue weighted by Gasteiger charge is -2.13. The Hall–Kier alpha value is -2.20. The van der Waals surface area contributed by atoms with Crippen molar-refractivity contribution in [1.82, 2.24) is 0 Å². The summed E-state index contributed by atoms with van der Waals surface area (Å²) in [6, 6.07) is 12.3. The van der Waals surface area contributed by atoms with Gasteiger partial charge in [0.05, 0.1) is 12.3 Å². The smallest absolute Gasteiger partial charge is 0.323 e. The number of amides is 2. The van der Waals surface area contributed by atoms with Crippen molar-refractivity contribution in [3.8, 4) is 5.75 Å². The first kappa shape index (κ1) is 15.2. The number of carbonyl (C=O) groups is 1. The lowest BCUT2D eigenvalue weighted by atomic mass is 10.2. The number of ether oxygens (including phenoxy) is 1. The zero-order valence-electron chi connectivity index (χ0n) is 11.9. The molecular weight excluding hydrogens is 288 g/mol. The van der Waals surface area contributed by atoms with Crippen molar-refractivity contribution in [1.29, 1.82) is 0 Å². The maximum Gasteiger partial charge on any atom is 0.323 e. The van der Waals surface area contributed by atoms with E-state index in [0.29, 0.717) is 28.8 Å². The predicted molar refractivity (Wildman–Crippen MR) is 86.4 cm³/mol. The van der Waals surface area contributed by atoms with E-state index in [0.717, 1.165) is 5.56 Å². The summed E-state index contributed by atoms with van der Waals surface area (Å²) in [4.78, 5) is 12.1. The average Bonchev–Trinajstić information content (AvgIpc) is 2.45. The van der Waals surface area contributed by atoms with E-state index < -0.39 is 0 Å². The van der Waals surface area contributed by atoms with Gasteiger partial charge in [0.1, 0.15) is 5.75 Å². The molecule has 0 fully saturated rings. The third-order valence-corrected chi connectivity index (χ3v) is 3.12. The molecule has 4 nitrogen and oxygen atoms in total. The van der Waals surface area contributed by atoms with Crippen LogP contribution in [0.5, 0.6) is 5.75 Å². The number of urea groups is 1. The van der Waals surface area contributed by atoms with E-state index in [-0.39, 0.29) is 6.03 Å². The van der Waals surface area contributed by atoms with Crippen molar-refractivity contribution >= 4 is 29.0 Å². The summed E-state index contributed by atoms with van der Waals surface area (Å²) in [7, 11) is 0. The summed E-state index contributed by atoms with van der Waals surface area (Å²) < 4.78 is 5.47. The van der Waals surface area contributed by atoms with Crippen LogP contribution in [-0.4, -0.2) is 12.6 Å². The Morgan fingerprint density at radius 3 is 2.62 bits per heavy atom. The molecule has 2 aromatic rings. The second-order valence-corrected chi connectivity index (χ2v) is 4.90. The number of carbonyl (C=O) groups excluding carboxylic acids is 1. The molecule has 110 valence electrons. The molecule has 0 bridgehead atoms. The van der Waals surface area contributed by atoms with Crippen LogP contribution in [0, 0.1) is 6.92 Å². The number of aryl methyl sites for hydroxylation is 1.